The van der Waals surface area contributed by atoms with Crippen LogP contribution in [0.2, 0.25) is 0 Å². The van der Waals surface area contributed by atoms with Gasteiger partial charge in [0.1, 0.15) is 11.0 Å². The highest BCUT2D eigenvalue weighted by Crippen LogP contribution is 2.29. The third-order valence-electron chi connectivity index (χ3n) is 3.15. The van der Waals surface area contributed by atoms with Crippen LogP contribution in [0.3, 0.4) is 0 Å². The van der Waals surface area contributed by atoms with Crippen molar-refractivity contribution in [2.75, 3.05) is 0 Å². The molecule has 0 unspecified atom stereocenters. The van der Waals surface area contributed by atoms with E-state index in [4.69, 9.17) is 0 Å². The van der Waals surface area contributed by atoms with Crippen molar-refractivity contribution < 1.29 is 0 Å². The van der Waals surface area contributed by atoms with Gasteiger partial charge in [0, 0.05) is 5.39 Å². The van der Waals surface area contributed by atoms with E-state index in [1.807, 2.05) is 6.07 Å². The molecule has 4 rings (SSSR count). The Morgan fingerprint density at radius 2 is 1.59 bits per heavy atom. The van der Waals surface area contributed by atoms with E-state index >= 15 is 0 Å². The van der Waals surface area contributed by atoms with Crippen LogP contribution >= 0.6 is 11.7 Å². The number of benzene rings is 3. The van der Waals surface area contributed by atoms with E-state index in [1.165, 1.54) is 33.3 Å². The normalized spacial score (nSPS) is 11.5. The summed E-state index contributed by atoms with van der Waals surface area (Å²) in [7, 11) is 0. The van der Waals surface area contributed by atoms with Crippen LogP contribution in [0.25, 0.3) is 32.6 Å². The van der Waals surface area contributed by atoms with Crippen LogP contribution < -0.4 is 0 Å². The van der Waals surface area contributed by atoms with Gasteiger partial charge in [-0.2, -0.15) is 8.75 Å². The third kappa shape index (κ3) is 1.20. The zero-order valence-corrected chi connectivity index (χ0v) is 9.74. The summed E-state index contributed by atoms with van der Waals surface area (Å²) < 4.78 is 8.66. The number of hydrogen-bond donors (Lipinski definition) is 0. The lowest BCUT2D eigenvalue weighted by molar-refractivity contribution is 1.68. The molecule has 0 saturated carbocycles. The minimum atomic E-state index is 0.984. The standard InChI is InChI=1S/C14H8N2S/c1-2-4-10-9(3-1)5-6-12-11(10)7-8-13-14(12)16-17-15-13/h1-8H. The van der Waals surface area contributed by atoms with E-state index in [-0.39, 0.29) is 0 Å². The number of fused-ring (bicyclic) bond motifs is 5. The van der Waals surface area contributed by atoms with Crippen molar-refractivity contribution >= 4 is 44.3 Å². The van der Waals surface area contributed by atoms with Crippen LogP contribution in [0.5, 0.6) is 0 Å². The Hall–Kier alpha value is -2.00. The summed E-state index contributed by atoms with van der Waals surface area (Å²) >= 11 is 1.27. The Labute approximate surface area is 102 Å². The van der Waals surface area contributed by atoms with Crippen molar-refractivity contribution in [1.82, 2.24) is 8.75 Å². The van der Waals surface area contributed by atoms with Crippen LogP contribution in [-0.4, -0.2) is 8.75 Å². The van der Waals surface area contributed by atoms with Crippen molar-refractivity contribution in [2.24, 2.45) is 0 Å². The molecule has 0 fully saturated rings. The van der Waals surface area contributed by atoms with Gasteiger partial charge in [0.2, 0.25) is 0 Å². The molecule has 0 amide bonds. The zero-order valence-electron chi connectivity index (χ0n) is 8.92. The van der Waals surface area contributed by atoms with Crippen LogP contribution in [0.4, 0.5) is 0 Å². The first-order chi connectivity index (χ1) is 8.43. The van der Waals surface area contributed by atoms with E-state index in [0.717, 1.165) is 11.0 Å². The van der Waals surface area contributed by atoms with Crippen LogP contribution in [0.15, 0.2) is 48.5 Å². The summed E-state index contributed by atoms with van der Waals surface area (Å²) in [6.45, 7) is 0. The molecule has 0 bridgehead atoms. The molecular weight excluding hydrogens is 228 g/mol. The van der Waals surface area contributed by atoms with Crippen LogP contribution in [0.1, 0.15) is 0 Å². The number of rotatable bonds is 0. The maximum atomic E-state index is 4.38. The van der Waals surface area contributed by atoms with Gasteiger partial charge in [0.25, 0.3) is 0 Å². The highest BCUT2D eigenvalue weighted by atomic mass is 32.1. The molecule has 2 nitrogen and oxygen atoms in total. The van der Waals surface area contributed by atoms with Gasteiger partial charge in [0.05, 0.1) is 11.7 Å². The van der Waals surface area contributed by atoms with Crippen molar-refractivity contribution in [3.8, 4) is 0 Å². The summed E-state index contributed by atoms with van der Waals surface area (Å²) in [4.78, 5) is 0. The first-order valence-corrected chi connectivity index (χ1v) is 6.19. The van der Waals surface area contributed by atoms with Crippen molar-refractivity contribution in [2.45, 2.75) is 0 Å². The van der Waals surface area contributed by atoms with Gasteiger partial charge in [-0.3, -0.25) is 0 Å². The molecule has 0 aliphatic carbocycles. The Kier molecular flexibility index (Phi) is 1.73. The van der Waals surface area contributed by atoms with Crippen LogP contribution in [0, 0.1) is 0 Å². The highest BCUT2D eigenvalue weighted by Gasteiger charge is 2.06. The van der Waals surface area contributed by atoms with Crippen molar-refractivity contribution in [1.29, 1.82) is 0 Å². The van der Waals surface area contributed by atoms with Crippen molar-refractivity contribution in [3.63, 3.8) is 0 Å². The molecule has 17 heavy (non-hydrogen) atoms. The molecule has 0 N–H and O–H groups in total. The highest BCUT2D eigenvalue weighted by molar-refractivity contribution is 7.00. The molecule has 0 atom stereocenters. The molecular formula is C14H8N2S. The summed E-state index contributed by atoms with van der Waals surface area (Å²) in [6, 6.07) is 16.9. The molecule has 80 valence electrons. The smallest absolute Gasteiger partial charge is 0.112 e. The predicted molar refractivity (Wildman–Crippen MR) is 72.4 cm³/mol. The fourth-order valence-corrected chi connectivity index (χ4v) is 2.89. The Bertz CT molecular complexity index is 848. The number of nitrogens with zero attached hydrogens (tertiary/aromatic N) is 2. The number of aromatic nitrogens is 2. The summed E-state index contributed by atoms with van der Waals surface area (Å²) in [5.74, 6) is 0. The fraction of sp³-hybridized carbons (Fsp3) is 0. The molecule has 0 spiro atoms. The Balaban J connectivity index is 2.34. The second-order valence-electron chi connectivity index (χ2n) is 4.08. The monoisotopic (exact) mass is 236 g/mol. The lowest BCUT2D eigenvalue weighted by Gasteiger charge is -2.03. The van der Waals surface area contributed by atoms with Gasteiger partial charge in [-0.25, -0.2) is 0 Å². The molecule has 0 aliphatic heterocycles. The van der Waals surface area contributed by atoms with Gasteiger partial charge in [-0.05, 0) is 22.2 Å². The summed E-state index contributed by atoms with van der Waals surface area (Å²) in [5.41, 5.74) is 2.00. The molecule has 3 heteroatoms. The van der Waals surface area contributed by atoms with Gasteiger partial charge < -0.3 is 0 Å². The average Bonchev–Trinajstić information content (AvgIpc) is 2.86. The molecule has 4 aromatic rings. The minimum Gasteiger partial charge on any atom is -0.173 e. The lowest BCUT2D eigenvalue weighted by atomic mass is 10.0. The lowest BCUT2D eigenvalue weighted by Crippen LogP contribution is -1.79. The van der Waals surface area contributed by atoms with Gasteiger partial charge in [-0.15, -0.1) is 0 Å². The second kappa shape index (κ2) is 3.25. The number of hydrogen-bond acceptors (Lipinski definition) is 3. The van der Waals surface area contributed by atoms with E-state index in [0.29, 0.717) is 0 Å². The first kappa shape index (κ1) is 9.07. The van der Waals surface area contributed by atoms with Gasteiger partial charge >= 0.3 is 0 Å². The molecule has 3 aromatic carbocycles. The molecule has 1 aromatic heterocycles. The largest absolute Gasteiger partial charge is 0.173 e. The Morgan fingerprint density at radius 3 is 2.59 bits per heavy atom. The predicted octanol–water partition coefficient (Wildman–Crippen LogP) is 4.00. The Morgan fingerprint density at radius 1 is 0.706 bits per heavy atom. The average molecular weight is 236 g/mol. The van der Waals surface area contributed by atoms with E-state index in [1.54, 1.807) is 0 Å². The topological polar surface area (TPSA) is 25.8 Å². The van der Waals surface area contributed by atoms with E-state index < -0.39 is 0 Å². The molecule has 1 heterocycles. The molecule has 0 aliphatic rings. The van der Waals surface area contributed by atoms with Crippen molar-refractivity contribution in [3.05, 3.63) is 48.5 Å². The minimum absolute atomic E-state index is 0.984. The van der Waals surface area contributed by atoms with E-state index in [9.17, 15) is 0 Å². The van der Waals surface area contributed by atoms with Crippen LogP contribution in [-0.2, 0) is 0 Å². The zero-order chi connectivity index (χ0) is 11.2. The third-order valence-corrected chi connectivity index (χ3v) is 3.69. The quantitative estimate of drug-likeness (QED) is 0.431. The van der Waals surface area contributed by atoms with Gasteiger partial charge in [0.15, 0.2) is 0 Å². The fourth-order valence-electron chi connectivity index (χ4n) is 2.34. The second-order valence-corrected chi connectivity index (χ2v) is 4.61. The van der Waals surface area contributed by atoms with Gasteiger partial charge in [-0.1, -0.05) is 42.5 Å². The molecule has 0 saturated heterocycles. The maximum Gasteiger partial charge on any atom is 0.112 e. The summed E-state index contributed by atoms with van der Waals surface area (Å²) in [6.07, 6.45) is 0. The summed E-state index contributed by atoms with van der Waals surface area (Å²) in [5, 5.41) is 4.99. The first-order valence-electron chi connectivity index (χ1n) is 5.46. The maximum absolute atomic E-state index is 4.38. The SMILES string of the molecule is c1ccc2c(c1)ccc1c2ccc2nsnc21. The van der Waals surface area contributed by atoms with E-state index in [2.05, 4.69) is 51.2 Å². The molecule has 0 radical (unpaired) electrons.